The van der Waals surface area contributed by atoms with Gasteiger partial charge in [-0.1, -0.05) is 48.9 Å². The highest BCUT2D eigenvalue weighted by atomic mass is 35.5. The summed E-state index contributed by atoms with van der Waals surface area (Å²) >= 11 is 6.37. The fraction of sp³-hybridized carbons (Fsp3) is 0.355. The van der Waals surface area contributed by atoms with Crippen LogP contribution in [0.5, 0.6) is 11.5 Å². The van der Waals surface area contributed by atoms with Crippen molar-refractivity contribution >= 4 is 39.1 Å². The number of nitrogens with zero attached hydrogens (tertiary/aromatic N) is 2. The average molecular weight is 616 g/mol. The molecule has 226 valence electrons. The number of halogens is 1. The SMILES string of the molecule is CC[C@H](C(=O)NC(C)(C)C)N(Cc1ccc(OC)cc1)C(=O)CN(c1ccc(OC)c(Cl)c1)S(=O)(=O)c1ccccc1. The van der Waals surface area contributed by atoms with Gasteiger partial charge >= 0.3 is 0 Å². The molecule has 1 N–H and O–H groups in total. The average Bonchev–Trinajstić information content (AvgIpc) is 2.95. The number of ether oxygens (including phenoxy) is 2. The Bertz CT molecular complexity index is 1470. The lowest BCUT2D eigenvalue weighted by Gasteiger charge is -2.34. The van der Waals surface area contributed by atoms with Crippen molar-refractivity contribution < 1.29 is 27.5 Å². The second kappa shape index (κ2) is 13.9. The Morgan fingerprint density at radius 3 is 2.12 bits per heavy atom. The molecule has 0 bridgehead atoms. The number of amides is 2. The number of carbonyl (C=O) groups excluding carboxylic acids is 2. The summed E-state index contributed by atoms with van der Waals surface area (Å²) in [6.07, 6.45) is 0.309. The molecule has 0 spiro atoms. The topological polar surface area (TPSA) is 105 Å². The summed E-state index contributed by atoms with van der Waals surface area (Å²) < 4.78 is 39.4. The van der Waals surface area contributed by atoms with Gasteiger partial charge in [-0.3, -0.25) is 13.9 Å². The summed E-state index contributed by atoms with van der Waals surface area (Å²) in [6, 6.07) is 18.6. The fourth-order valence-electron chi connectivity index (χ4n) is 4.36. The molecule has 0 saturated carbocycles. The Balaban J connectivity index is 2.09. The van der Waals surface area contributed by atoms with Crippen molar-refractivity contribution in [3.63, 3.8) is 0 Å². The lowest BCUT2D eigenvalue weighted by atomic mass is 10.1. The summed E-state index contributed by atoms with van der Waals surface area (Å²) in [5, 5.41) is 3.14. The lowest BCUT2D eigenvalue weighted by molar-refractivity contribution is -0.141. The molecule has 0 fully saturated rings. The minimum atomic E-state index is -4.21. The maximum absolute atomic E-state index is 14.2. The first-order valence-corrected chi connectivity index (χ1v) is 15.3. The van der Waals surface area contributed by atoms with E-state index in [4.69, 9.17) is 21.1 Å². The first kappa shape index (κ1) is 32.8. The van der Waals surface area contributed by atoms with Gasteiger partial charge in [0.1, 0.15) is 24.1 Å². The van der Waals surface area contributed by atoms with E-state index in [1.165, 1.54) is 42.3 Å². The fourth-order valence-corrected chi connectivity index (χ4v) is 6.04. The smallest absolute Gasteiger partial charge is 0.264 e. The van der Waals surface area contributed by atoms with E-state index in [-0.39, 0.29) is 28.1 Å². The summed E-state index contributed by atoms with van der Waals surface area (Å²) in [5.74, 6) is 0.102. The third-order valence-electron chi connectivity index (χ3n) is 6.43. The van der Waals surface area contributed by atoms with E-state index in [0.29, 0.717) is 17.9 Å². The first-order valence-electron chi connectivity index (χ1n) is 13.5. The molecule has 2 amide bonds. The van der Waals surface area contributed by atoms with E-state index in [1.807, 2.05) is 27.7 Å². The molecule has 0 saturated heterocycles. The van der Waals surface area contributed by atoms with Gasteiger partial charge in [-0.25, -0.2) is 8.42 Å². The molecule has 0 heterocycles. The number of sulfonamides is 1. The van der Waals surface area contributed by atoms with Crippen molar-refractivity contribution in [2.24, 2.45) is 0 Å². The number of rotatable bonds is 12. The lowest BCUT2D eigenvalue weighted by Crippen LogP contribution is -2.55. The monoisotopic (exact) mass is 615 g/mol. The molecular formula is C31H38ClN3O6S. The van der Waals surface area contributed by atoms with Crippen molar-refractivity contribution in [3.8, 4) is 11.5 Å². The largest absolute Gasteiger partial charge is 0.497 e. The van der Waals surface area contributed by atoms with Gasteiger partial charge in [-0.2, -0.15) is 0 Å². The maximum Gasteiger partial charge on any atom is 0.264 e. The van der Waals surface area contributed by atoms with Gasteiger partial charge in [-0.15, -0.1) is 0 Å². The van der Waals surface area contributed by atoms with Gasteiger partial charge < -0.3 is 19.7 Å². The molecule has 11 heteroatoms. The second-order valence-corrected chi connectivity index (χ2v) is 12.9. The number of nitrogens with one attached hydrogen (secondary N) is 1. The normalized spacial score (nSPS) is 12.3. The number of anilines is 1. The van der Waals surface area contributed by atoms with Gasteiger partial charge in [0.2, 0.25) is 11.8 Å². The van der Waals surface area contributed by atoms with E-state index >= 15 is 0 Å². The first-order chi connectivity index (χ1) is 19.8. The van der Waals surface area contributed by atoms with Gasteiger partial charge in [0, 0.05) is 12.1 Å². The van der Waals surface area contributed by atoms with E-state index < -0.39 is 34.1 Å². The Morgan fingerprint density at radius 1 is 0.952 bits per heavy atom. The predicted molar refractivity (Wildman–Crippen MR) is 164 cm³/mol. The van der Waals surface area contributed by atoms with Crippen LogP contribution in [0.15, 0.2) is 77.7 Å². The highest BCUT2D eigenvalue weighted by Crippen LogP contribution is 2.32. The van der Waals surface area contributed by atoms with Gasteiger partial charge in [0.25, 0.3) is 10.0 Å². The molecule has 1 atom stereocenters. The molecule has 42 heavy (non-hydrogen) atoms. The Morgan fingerprint density at radius 2 is 1.60 bits per heavy atom. The van der Waals surface area contributed by atoms with Crippen LogP contribution in [0.1, 0.15) is 39.7 Å². The number of benzene rings is 3. The molecule has 0 aliphatic heterocycles. The van der Waals surface area contributed by atoms with Crippen LogP contribution in [-0.2, 0) is 26.2 Å². The molecule has 0 unspecified atom stereocenters. The highest BCUT2D eigenvalue weighted by molar-refractivity contribution is 7.92. The van der Waals surface area contributed by atoms with Crippen LogP contribution in [0.25, 0.3) is 0 Å². The van der Waals surface area contributed by atoms with Crippen LogP contribution >= 0.6 is 11.6 Å². The van der Waals surface area contributed by atoms with Gasteiger partial charge in [-0.05, 0) is 75.2 Å². The minimum Gasteiger partial charge on any atom is -0.497 e. The van der Waals surface area contributed by atoms with E-state index in [0.717, 1.165) is 9.87 Å². The summed E-state index contributed by atoms with van der Waals surface area (Å²) in [5.41, 5.74) is 0.382. The zero-order valence-electron chi connectivity index (χ0n) is 24.8. The zero-order valence-corrected chi connectivity index (χ0v) is 26.3. The summed E-state index contributed by atoms with van der Waals surface area (Å²) in [6.45, 7) is 6.87. The quantitative estimate of drug-likeness (QED) is 0.297. The molecule has 0 aliphatic carbocycles. The number of hydrogen-bond donors (Lipinski definition) is 1. The van der Waals surface area contributed by atoms with Gasteiger partial charge in [0.15, 0.2) is 0 Å². The molecule has 9 nitrogen and oxygen atoms in total. The van der Waals surface area contributed by atoms with Gasteiger partial charge in [0.05, 0.1) is 29.8 Å². The van der Waals surface area contributed by atoms with E-state index in [9.17, 15) is 18.0 Å². The Labute approximate surface area is 253 Å². The summed E-state index contributed by atoms with van der Waals surface area (Å²) in [7, 11) is -1.20. The van der Waals surface area contributed by atoms with Crippen LogP contribution in [0.4, 0.5) is 5.69 Å². The number of hydrogen-bond acceptors (Lipinski definition) is 6. The predicted octanol–water partition coefficient (Wildman–Crippen LogP) is 5.27. The third kappa shape index (κ3) is 8.17. The molecule has 3 aromatic carbocycles. The van der Waals surface area contributed by atoms with Crippen molar-refractivity contribution in [2.75, 3.05) is 25.1 Å². The van der Waals surface area contributed by atoms with Crippen molar-refractivity contribution in [2.45, 2.75) is 57.1 Å². The van der Waals surface area contributed by atoms with Crippen LogP contribution in [0.2, 0.25) is 5.02 Å². The third-order valence-corrected chi connectivity index (χ3v) is 8.51. The molecular weight excluding hydrogens is 578 g/mol. The molecule has 3 rings (SSSR count). The molecule has 0 aromatic heterocycles. The zero-order chi connectivity index (χ0) is 31.1. The second-order valence-electron chi connectivity index (χ2n) is 10.7. The van der Waals surface area contributed by atoms with Crippen LogP contribution in [-0.4, -0.2) is 57.5 Å². The molecule has 0 radical (unpaired) electrons. The maximum atomic E-state index is 14.2. The highest BCUT2D eigenvalue weighted by Gasteiger charge is 2.34. The molecule has 3 aromatic rings. The standard InChI is InChI=1S/C31H38ClN3O6S/c1-7-27(30(37)33-31(2,3)4)34(20-22-13-16-24(40-5)17-14-22)29(36)21-35(23-15-18-28(41-6)26(32)19-23)42(38,39)25-11-9-8-10-12-25/h8-19,27H,7,20-21H2,1-6H3,(H,33,37)/t27-/m1/s1. The van der Waals surface area contributed by atoms with Crippen LogP contribution in [0.3, 0.4) is 0 Å². The van der Waals surface area contributed by atoms with Crippen molar-refractivity contribution in [3.05, 3.63) is 83.4 Å². The van der Waals surface area contributed by atoms with Crippen molar-refractivity contribution in [1.29, 1.82) is 0 Å². The van der Waals surface area contributed by atoms with E-state index in [1.54, 1.807) is 49.6 Å². The number of methoxy groups -OCH3 is 2. The van der Waals surface area contributed by atoms with Crippen LogP contribution < -0.4 is 19.1 Å². The minimum absolute atomic E-state index is 0.00367. The summed E-state index contributed by atoms with van der Waals surface area (Å²) in [4.78, 5) is 29.0. The van der Waals surface area contributed by atoms with Crippen molar-refractivity contribution in [1.82, 2.24) is 10.2 Å². The Hall–Kier alpha value is -3.76. The molecule has 0 aliphatic rings. The van der Waals surface area contributed by atoms with Crippen LogP contribution in [0, 0.1) is 0 Å². The Kier molecular flexibility index (Phi) is 10.9. The van der Waals surface area contributed by atoms with E-state index in [2.05, 4.69) is 5.32 Å². The number of carbonyl (C=O) groups is 2.